The van der Waals surface area contributed by atoms with Crippen molar-refractivity contribution in [1.29, 1.82) is 0 Å². The number of carbonyl (C=O) groups excluding carboxylic acids is 1. The van der Waals surface area contributed by atoms with Gasteiger partial charge in [-0.3, -0.25) is 9.52 Å². The zero-order valence-electron chi connectivity index (χ0n) is 15.5. The molecule has 0 bridgehead atoms. The molecule has 140 valence electrons. The fraction of sp³-hybridized carbons (Fsp3) is 0.300. The van der Waals surface area contributed by atoms with Gasteiger partial charge >= 0.3 is 0 Å². The number of H-pyrrole nitrogens is 1. The monoisotopic (exact) mass is 383 g/mol. The Balaban J connectivity index is 1.82. The molecule has 0 radical (unpaired) electrons. The zero-order valence-corrected chi connectivity index (χ0v) is 16.3. The first kappa shape index (κ1) is 17.7. The Morgan fingerprint density at radius 2 is 1.96 bits per heavy atom. The highest BCUT2D eigenvalue weighted by Crippen LogP contribution is 2.39. The van der Waals surface area contributed by atoms with Crippen LogP contribution in [0.2, 0.25) is 0 Å². The number of fused-ring (bicyclic) bond motifs is 3. The molecule has 2 N–H and O–H groups in total. The van der Waals surface area contributed by atoms with Gasteiger partial charge in [0.1, 0.15) is 5.82 Å². The van der Waals surface area contributed by atoms with Crippen molar-refractivity contribution in [3.63, 3.8) is 0 Å². The maximum Gasteiger partial charge on any atom is 0.263 e. The van der Waals surface area contributed by atoms with E-state index in [4.69, 9.17) is 0 Å². The van der Waals surface area contributed by atoms with Crippen LogP contribution >= 0.6 is 0 Å². The van der Waals surface area contributed by atoms with Crippen LogP contribution in [0, 0.1) is 12.3 Å². The average molecular weight is 383 g/mol. The number of hydrogen-bond acceptors (Lipinski definition) is 4. The molecule has 0 saturated heterocycles. The van der Waals surface area contributed by atoms with Crippen molar-refractivity contribution in [3.05, 3.63) is 53.3 Å². The van der Waals surface area contributed by atoms with E-state index in [1.807, 2.05) is 0 Å². The second-order valence-corrected chi connectivity index (χ2v) is 9.55. The number of sulfonamides is 1. The number of Topliss-reactive ketones (excluding diaryl/α,β-unsaturated/α-hetero) is 1. The molecule has 0 unspecified atom stereocenters. The van der Waals surface area contributed by atoms with E-state index in [1.54, 1.807) is 37.3 Å². The molecule has 0 atom stereocenters. The number of nitrogens with zero attached hydrogens (tertiary/aromatic N) is 1. The van der Waals surface area contributed by atoms with Gasteiger partial charge in [-0.15, -0.1) is 0 Å². The summed E-state index contributed by atoms with van der Waals surface area (Å²) < 4.78 is 28.2. The molecule has 0 aliphatic heterocycles. The van der Waals surface area contributed by atoms with E-state index in [9.17, 15) is 13.2 Å². The van der Waals surface area contributed by atoms with E-state index in [-0.39, 0.29) is 21.9 Å². The van der Waals surface area contributed by atoms with E-state index in [0.717, 1.165) is 17.5 Å². The summed E-state index contributed by atoms with van der Waals surface area (Å²) in [6, 6.07) is 8.42. The number of rotatable bonds is 3. The topological polar surface area (TPSA) is 91.9 Å². The highest BCUT2D eigenvalue weighted by molar-refractivity contribution is 7.92. The Labute approximate surface area is 158 Å². The fourth-order valence-corrected chi connectivity index (χ4v) is 5.07. The summed E-state index contributed by atoms with van der Waals surface area (Å²) >= 11 is 0. The summed E-state index contributed by atoms with van der Waals surface area (Å²) in [7, 11) is -3.79. The molecule has 0 fully saturated rings. The Morgan fingerprint density at radius 3 is 2.67 bits per heavy atom. The van der Waals surface area contributed by atoms with Gasteiger partial charge in [0.2, 0.25) is 0 Å². The first-order chi connectivity index (χ1) is 12.7. The summed E-state index contributed by atoms with van der Waals surface area (Å²) in [5.74, 6) is 0.369. The average Bonchev–Trinajstić information content (AvgIpc) is 2.90. The lowest BCUT2D eigenvalue weighted by Gasteiger charge is -2.28. The van der Waals surface area contributed by atoms with Crippen LogP contribution in [0.25, 0.3) is 10.9 Å². The molecule has 6 nitrogen and oxygen atoms in total. The number of aromatic amines is 1. The van der Waals surface area contributed by atoms with Crippen molar-refractivity contribution in [2.75, 3.05) is 4.72 Å². The third-order valence-electron chi connectivity index (χ3n) is 4.94. The van der Waals surface area contributed by atoms with Gasteiger partial charge in [0.15, 0.2) is 5.78 Å². The van der Waals surface area contributed by atoms with Gasteiger partial charge < -0.3 is 4.98 Å². The molecule has 1 aromatic carbocycles. The van der Waals surface area contributed by atoms with Crippen LogP contribution < -0.4 is 4.72 Å². The third kappa shape index (κ3) is 3.12. The summed E-state index contributed by atoms with van der Waals surface area (Å²) in [5.41, 5.74) is 2.74. The van der Waals surface area contributed by atoms with Crippen LogP contribution in [-0.2, 0) is 16.4 Å². The summed E-state index contributed by atoms with van der Waals surface area (Å²) in [5, 5.41) is 0.791. The minimum Gasteiger partial charge on any atom is -0.358 e. The standard InChI is InChI=1S/C20H21N3O3S/c1-12-8-13-14(22-15-10-20(2,3)11-16(24)19(13)15)9-17(12)27(25,26)23-18-6-4-5-7-21-18/h4-9,22H,10-11H2,1-3H3,(H,21,23). The van der Waals surface area contributed by atoms with Gasteiger partial charge in [0.25, 0.3) is 10.0 Å². The SMILES string of the molecule is Cc1cc2c3c([nH]c2cc1S(=O)(=O)Nc1ccccn1)CC(C)(C)CC3=O. The van der Waals surface area contributed by atoms with E-state index in [0.29, 0.717) is 23.1 Å². The summed E-state index contributed by atoms with van der Waals surface area (Å²) in [6.45, 7) is 5.87. The maximum atomic E-state index is 12.8. The van der Waals surface area contributed by atoms with Crippen molar-refractivity contribution >= 4 is 32.5 Å². The van der Waals surface area contributed by atoms with Gasteiger partial charge in [-0.2, -0.15) is 0 Å². The second-order valence-electron chi connectivity index (χ2n) is 7.90. The molecular weight excluding hydrogens is 362 g/mol. The molecule has 0 saturated carbocycles. The van der Waals surface area contributed by atoms with Crippen LogP contribution in [0.5, 0.6) is 0 Å². The number of nitrogens with one attached hydrogen (secondary N) is 2. The predicted molar refractivity (Wildman–Crippen MR) is 105 cm³/mol. The van der Waals surface area contributed by atoms with Crippen molar-refractivity contribution in [3.8, 4) is 0 Å². The lowest BCUT2D eigenvalue weighted by Crippen LogP contribution is -2.26. The second kappa shape index (κ2) is 5.92. The van der Waals surface area contributed by atoms with E-state index in [1.165, 1.54) is 6.20 Å². The Kier molecular flexibility index (Phi) is 3.89. The molecule has 7 heteroatoms. The summed E-state index contributed by atoms with van der Waals surface area (Å²) in [6.07, 6.45) is 2.78. The van der Waals surface area contributed by atoms with Crippen LogP contribution in [0.1, 0.15) is 41.9 Å². The number of ketones is 1. The van der Waals surface area contributed by atoms with Crippen LogP contribution in [-0.4, -0.2) is 24.2 Å². The first-order valence-electron chi connectivity index (χ1n) is 8.79. The van der Waals surface area contributed by atoms with Gasteiger partial charge in [0, 0.05) is 34.8 Å². The maximum absolute atomic E-state index is 12.8. The number of carbonyl (C=O) groups is 1. The smallest absolute Gasteiger partial charge is 0.263 e. The van der Waals surface area contributed by atoms with E-state index in [2.05, 4.69) is 28.5 Å². The predicted octanol–water partition coefficient (Wildman–Crippen LogP) is 3.83. The minimum atomic E-state index is -3.79. The Bertz CT molecular complexity index is 1160. The number of benzene rings is 1. The number of pyridine rings is 1. The van der Waals surface area contributed by atoms with Crippen LogP contribution in [0.4, 0.5) is 5.82 Å². The van der Waals surface area contributed by atoms with Crippen molar-refractivity contribution in [2.45, 2.75) is 38.5 Å². The van der Waals surface area contributed by atoms with Crippen LogP contribution in [0.3, 0.4) is 0 Å². The molecule has 2 aromatic heterocycles. The molecule has 1 aliphatic rings. The number of aromatic nitrogens is 2. The van der Waals surface area contributed by atoms with Gasteiger partial charge in [-0.25, -0.2) is 13.4 Å². The third-order valence-corrected chi connectivity index (χ3v) is 6.44. The molecular formula is C20H21N3O3S. The van der Waals surface area contributed by atoms with E-state index < -0.39 is 10.0 Å². The number of hydrogen-bond donors (Lipinski definition) is 2. The largest absolute Gasteiger partial charge is 0.358 e. The molecule has 2 heterocycles. The van der Waals surface area contributed by atoms with Crippen molar-refractivity contribution < 1.29 is 13.2 Å². The summed E-state index contributed by atoms with van der Waals surface area (Å²) in [4.78, 5) is 20.1. The molecule has 4 rings (SSSR count). The van der Waals surface area contributed by atoms with Gasteiger partial charge in [0.05, 0.1) is 4.90 Å². The van der Waals surface area contributed by atoms with Crippen molar-refractivity contribution in [2.24, 2.45) is 5.41 Å². The molecule has 27 heavy (non-hydrogen) atoms. The molecule has 1 aliphatic carbocycles. The first-order valence-corrected chi connectivity index (χ1v) is 10.3. The lowest BCUT2D eigenvalue weighted by molar-refractivity contribution is 0.0913. The number of anilines is 1. The molecule has 3 aromatic rings. The number of aryl methyl sites for hydroxylation is 1. The van der Waals surface area contributed by atoms with Gasteiger partial charge in [-0.1, -0.05) is 19.9 Å². The zero-order chi connectivity index (χ0) is 19.4. The highest BCUT2D eigenvalue weighted by atomic mass is 32.2. The highest BCUT2D eigenvalue weighted by Gasteiger charge is 2.34. The Hall–Kier alpha value is -2.67. The lowest BCUT2D eigenvalue weighted by atomic mass is 9.76. The molecule has 0 amide bonds. The van der Waals surface area contributed by atoms with E-state index >= 15 is 0 Å². The molecule has 0 spiro atoms. The van der Waals surface area contributed by atoms with Crippen LogP contribution in [0.15, 0.2) is 41.4 Å². The Morgan fingerprint density at radius 1 is 1.19 bits per heavy atom. The minimum absolute atomic E-state index is 0.102. The normalized spacial score (nSPS) is 16.3. The van der Waals surface area contributed by atoms with Crippen molar-refractivity contribution in [1.82, 2.24) is 9.97 Å². The van der Waals surface area contributed by atoms with Gasteiger partial charge in [-0.05, 0) is 48.6 Å². The quantitative estimate of drug-likeness (QED) is 0.719. The fourth-order valence-electron chi connectivity index (χ4n) is 3.81.